The molecule has 1 fully saturated rings. The Morgan fingerprint density at radius 2 is 1.59 bits per heavy atom. The van der Waals surface area contributed by atoms with Crippen LogP contribution in [0.4, 0.5) is 0 Å². The lowest BCUT2D eigenvalue weighted by molar-refractivity contribution is 0.389. The van der Waals surface area contributed by atoms with Crippen molar-refractivity contribution in [3.63, 3.8) is 0 Å². The maximum Gasteiger partial charge on any atom is 0.255 e. The van der Waals surface area contributed by atoms with Gasteiger partial charge in [0.25, 0.3) is 5.56 Å². The summed E-state index contributed by atoms with van der Waals surface area (Å²) in [6.07, 6.45) is 8.12. The molecule has 1 aromatic carbocycles. The summed E-state index contributed by atoms with van der Waals surface area (Å²) in [4.78, 5) is 27.1. The number of aromatic amines is 2. The Morgan fingerprint density at radius 1 is 0.926 bits per heavy atom. The highest BCUT2D eigenvalue weighted by Gasteiger charge is 2.26. The summed E-state index contributed by atoms with van der Waals surface area (Å²) in [6.45, 7) is 0. The van der Waals surface area contributed by atoms with Crippen LogP contribution in [-0.4, -0.2) is 19.9 Å². The van der Waals surface area contributed by atoms with E-state index in [2.05, 4.69) is 50.3 Å². The van der Waals surface area contributed by atoms with Crippen molar-refractivity contribution in [3.8, 4) is 0 Å². The number of nitrogens with one attached hydrogen (secondary N) is 2. The van der Waals surface area contributed by atoms with E-state index in [0.717, 1.165) is 31.4 Å². The van der Waals surface area contributed by atoms with Crippen molar-refractivity contribution < 1.29 is 0 Å². The van der Waals surface area contributed by atoms with Gasteiger partial charge in [-0.3, -0.25) is 9.78 Å². The third kappa shape index (κ3) is 4.06. The smallest absolute Gasteiger partial charge is 0.255 e. The van der Waals surface area contributed by atoms with Crippen molar-refractivity contribution in [3.05, 3.63) is 86.6 Å². The number of aromatic nitrogens is 4. The van der Waals surface area contributed by atoms with E-state index in [4.69, 9.17) is 12.2 Å². The van der Waals surface area contributed by atoms with Crippen LogP contribution in [0.1, 0.15) is 60.2 Å². The molecular weight excluding hydrogens is 356 g/mol. The van der Waals surface area contributed by atoms with Crippen LogP contribution in [0.5, 0.6) is 0 Å². The topological polar surface area (TPSA) is 74.4 Å². The highest BCUT2D eigenvalue weighted by atomic mass is 32.1. The Hall–Kier alpha value is -2.60. The summed E-state index contributed by atoms with van der Waals surface area (Å²) >= 11 is 5.24. The molecule has 2 heterocycles. The molecule has 0 amide bonds. The summed E-state index contributed by atoms with van der Waals surface area (Å²) in [5.74, 6) is 1.55. The van der Waals surface area contributed by atoms with E-state index in [-0.39, 0.29) is 5.56 Å². The molecule has 1 aliphatic rings. The Morgan fingerprint density at radius 3 is 2.30 bits per heavy atom. The van der Waals surface area contributed by atoms with E-state index < -0.39 is 0 Å². The standard InChI is InChI=1S/C21H22N4OS/c26-20-17(13-18-22-11-4-12-23-18)19(24-21(27)25-20)16-9-7-15(8-10-16)14-5-2-1-3-6-14/h1-6,11-12,15-16H,7-10,13H2,(H2,24,25,26,27). The summed E-state index contributed by atoms with van der Waals surface area (Å²) < 4.78 is 0.387. The van der Waals surface area contributed by atoms with Gasteiger partial charge in [0.1, 0.15) is 5.82 Å². The molecule has 0 saturated heterocycles. The van der Waals surface area contributed by atoms with Crippen LogP contribution in [0.25, 0.3) is 0 Å². The minimum absolute atomic E-state index is 0.133. The monoisotopic (exact) mass is 378 g/mol. The number of nitrogens with zero attached hydrogens (tertiary/aromatic N) is 2. The van der Waals surface area contributed by atoms with Gasteiger partial charge in [-0.25, -0.2) is 9.97 Å². The minimum Gasteiger partial charge on any atom is -0.335 e. The molecule has 2 N–H and O–H groups in total. The third-order valence-corrected chi connectivity index (χ3v) is 5.64. The number of rotatable bonds is 4. The first-order valence-corrected chi connectivity index (χ1v) is 9.77. The molecule has 1 aliphatic carbocycles. The summed E-state index contributed by atoms with van der Waals surface area (Å²) in [7, 11) is 0. The van der Waals surface area contributed by atoms with Crippen LogP contribution >= 0.6 is 12.2 Å². The van der Waals surface area contributed by atoms with Gasteiger partial charge in [0.15, 0.2) is 4.77 Å². The fraction of sp³-hybridized carbons (Fsp3) is 0.333. The predicted octanol–water partition coefficient (Wildman–Crippen LogP) is 4.25. The number of benzene rings is 1. The quantitative estimate of drug-likeness (QED) is 0.666. The van der Waals surface area contributed by atoms with E-state index in [0.29, 0.717) is 34.4 Å². The molecule has 0 aliphatic heterocycles. The normalized spacial score (nSPS) is 19.7. The van der Waals surface area contributed by atoms with Gasteiger partial charge < -0.3 is 4.98 Å². The number of H-pyrrole nitrogens is 2. The van der Waals surface area contributed by atoms with Gasteiger partial charge in [0.2, 0.25) is 0 Å². The van der Waals surface area contributed by atoms with Gasteiger partial charge in [-0.15, -0.1) is 0 Å². The lowest BCUT2D eigenvalue weighted by Crippen LogP contribution is -2.23. The zero-order chi connectivity index (χ0) is 18.6. The second-order valence-electron chi connectivity index (χ2n) is 7.10. The van der Waals surface area contributed by atoms with Crippen molar-refractivity contribution >= 4 is 12.2 Å². The highest BCUT2D eigenvalue weighted by Crippen LogP contribution is 2.40. The summed E-state index contributed by atoms with van der Waals surface area (Å²) in [5.41, 5.74) is 2.94. The first kappa shape index (κ1) is 17.8. The first-order valence-electron chi connectivity index (χ1n) is 9.37. The van der Waals surface area contributed by atoms with Gasteiger partial charge in [-0.05, 0) is 61.4 Å². The average Bonchev–Trinajstić information content (AvgIpc) is 2.71. The summed E-state index contributed by atoms with van der Waals surface area (Å²) in [6, 6.07) is 12.5. The molecule has 4 rings (SSSR count). The molecule has 6 heteroatoms. The van der Waals surface area contributed by atoms with Gasteiger partial charge in [0.05, 0.1) is 0 Å². The largest absolute Gasteiger partial charge is 0.335 e. The van der Waals surface area contributed by atoms with Crippen LogP contribution in [0, 0.1) is 4.77 Å². The highest BCUT2D eigenvalue weighted by molar-refractivity contribution is 7.71. The molecule has 0 radical (unpaired) electrons. The fourth-order valence-corrected chi connectivity index (χ4v) is 4.28. The second kappa shape index (κ2) is 7.96. The molecular formula is C21H22N4OS. The van der Waals surface area contributed by atoms with E-state index >= 15 is 0 Å². The second-order valence-corrected chi connectivity index (χ2v) is 7.51. The SMILES string of the molecule is O=c1[nH]c(=S)[nH]c(C2CCC(c3ccccc3)CC2)c1Cc1ncccn1. The van der Waals surface area contributed by atoms with E-state index in [9.17, 15) is 4.79 Å². The fourth-order valence-electron chi connectivity index (χ4n) is 4.07. The van der Waals surface area contributed by atoms with E-state index in [1.807, 2.05) is 0 Å². The third-order valence-electron chi connectivity index (χ3n) is 5.44. The molecule has 1 saturated carbocycles. The van der Waals surface area contributed by atoms with Crippen molar-refractivity contribution in [1.29, 1.82) is 0 Å². The van der Waals surface area contributed by atoms with Gasteiger partial charge in [-0.2, -0.15) is 0 Å². The molecule has 27 heavy (non-hydrogen) atoms. The molecule has 138 valence electrons. The Labute approximate surface area is 162 Å². The molecule has 5 nitrogen and oxygen atoms in total. The van der Waals surface area contributed by atoms with Crippen molar-refractivity contribution in [1.82, 2.24) is 19.9 Å². The minimum atomic E-state index is -0.133. The van der Waals surface area contributed by atoms with Gasteiger partial charge in [0, 0.05) is 30.1 Å². The molecule has 2 aromatic heterocycles. The molecule has 0 bridgehead atoms. The average molecular weight is 379 g/mol. The maximum atomic E-state index is 12.6. The van der Waals surface area contributed by atoms with Crippen LogP contribution < -0.4 is 5.56 Å². The van der Waals surface area contributed by atoms with Crippen molar-refractivity contribution in [2.24, 2.45) is 0 Å². The molecule has 3 aromatic rings. The predicted molar refractivity (Wildman–Crippen MR) is 107 cm³/mol. The maximum absolute atomic E-state index is 12.6. The van der Waals surface area contributed by atoms with Crippen LogP contribution in [-0.2, 0) is 6.42 Å². The van der Waals surface area contributed by atoms with Gasteiger partial charge in [-0.1, -0.05) is 30.3 Å². The summed E-state index contributed by atoms with van der Waals surface area (Å²) in [5, 5.41) is 0. The first-order chi connectivity index (χ1) is 13.2. The van der Waals surface area contributed by atoms with Crippen molar-refractivity contribution in [2.45, 2.75) is 43.9 Å². The van der Waals surface area contributed by atoms with Crippen LogP contribution in [0.15, 0.2) is 53.6 Å². The van der Waals surface area contributed by atoms with Crippen molar-refractivity contribution in [2.75, 3.05) is 0 Å². The Kier molecular flexibility index (Phi) is 5.25. The lowest BCUT2D eigenvalue weighted by Gasteiger charge is -2.29. The molecule has 0 spiro atoms. The number of hydrogen-bond donors (Lipinski definition) is 2. The van der Waals surface area contributed by atoms with Crippen LogP contribution in [0.2, 0.25) is 0 Å². The zero-order valence-corrected chi connectivity index (χ0v) is 15.8. The Bertz CT molecular complexity index is 1010. The zero-order valence-electron chi connectivity index (χ0n) is 15.0. The van der Waals surface area contributed by atoms with E-state index in [1.54, 1.807) is 18.5 Å². The van der Waals surface area contributed by atoms with Crippen LogP contribution in [0.3, 0.4) is 0 Å². The van der Waals surface area contributed by atoms with Gasteiger partial charge >= 0.3 is 0 Å². The van der Waals surface area contributed by atoms with E-state index in [1.165, 1.54) is 5.56 Å². The lowest BCUT2D eigenvalue weighted by atomic mass is 9.76. The molecule has 0 atom stereocenters. The Balaban J connectivity index is 1.59. The molecule has 0 unspecified atom stereocenters. The number of hydrogen-bond acceptors (Lipinski definition) is 4.